The van der Waals surface area contributed by atoms with Gasteiger partial charge in [0.15, 0.2) is 9.84 Å². The first-order valence-electron chi connectivity index (χ1n) is 7.61. The Morgan fingerprint density at radius 3 is 2.48 bits per heavy atom. The smallest absolute Gasteiger partial charge is 0.253 e. The number of piperidine rings is 1. The Labute approximate surface area is 136 Å². The molecule has 0 aromatic heterocycles. The molecule has 0 bridgehead atoms. The van der Waals surface area contributed by atoms with Crippen LogP contribution in [-0.2, 0) is 14.6 Å². The van der Waals surface area contributed by atoms with Crippen LogP contribution in [0.2, 0.25) is 0 Å². The van der Waals surface area contributed by atoms with Crippen LogP contribution in [0.3, 0.4) is 0 Å². The average Bonchev–Trinajstić information content (AvgIpc) is 2.53. The van der Waals surface area contributed by atoms with Gasteiger partial charge in [-0.05, 0) is 31.9 Å². The molecule has 0 spiro atoms. The molecule has 1 aromatic rings. The zero-order valence-corrected chi connectivity index (χ0v) is 14.2. The van der Waals surface area contributed by atoms with Gasteiger partial charge >= 0.3 is 0 Å². The predicted molar refractivity (Wildman–Crippen MR) is 88.0 cm³/mol. The van der Waals surface area contributed by atoms with Crippen molar-refractivity contribution in [3.8, 4) is 0 Å². The Morgan fingerprint density at radius 1 is 1.26 bits per heavy atom. The minimum Gasteiger partial charge on any atom is -0.358 e. The number of hydrogen-bond acceptors (Lipinski definition) is 4. The Kier molecular flexibility index (Phi) is 5.41. The molecule has 2 rings (SSSR count). The van der Waals surface area contributed by atoms with E-state index in [1.165, 1.54) is 7.05 Å². The van der Waals surface area contributed by atoms with Crippen LogP contribution in [0.1, 0.15) is 28.8 Å². The molecule has 126 valence electrons. The van der Waals surface area contributed by atoms with Gasteiger partial charge in [0.25, 0.3) is 5.91 Å². The van der Waals surface area contributed by atoms with Crippen molar-refractivity contribution >= 4 is 21.7 Å². The van der Waals surface area contributed by atoms with Gasteiger partial charge in [-0.15, -0.1) is 0 Å². The van der Waals surface area contributed by atoms with Gasteiger partial charge in [0.2, 0.25) is 5.91 Å². The number of carbonyl (C=O) groups excluding carboxylic acids is 2. The number of sulfone groups is 1. The summed E-state index contributed by atoms with van der Waals surface area (Å²) in [7, 11) is -2.05. The fraction of sp³-hybridized carbons (Fsp3) is 0.500. The predicted octanol–water partition coefficient (Wildman–Crippen LogP) is 0.760. The van der Waals surface area contributed by atoms with Crippen LogP contribution < -0.4 is 5.32 Å². The monoisotopic (exact) mass is 338 g/mol. The Balaban J connectivity index is 1.98. The van der Waals surface area contributed by atoms with E-state index >= 15 is 0 Å². The Bertz CT molecular complexity index is 692. The molecule has 0 saturated carbocycles. The van der Waals surface area contributed by atoms with Gasteiger partial charge in [0.1, 0.15) is 5.75 Å². The standard InChI is InChI=1S/C16H22N2O4S/c1-12-4-3-5-13(10-12)16(20)18-8-6-14(7-9-18)23(21,22)11-15(19)17-2/h3-5,10,14H,6-9,11H2,1-2H3,(H,17,19). The molecule has 1 fully saturated rings. The molecule has 0 aliphatic carbocycles. The van der Waals surface area contributed by atoms with Crippen LogP contribution in [-0.4, -0.2) is 56.3 Å². The van der Waals surface area contributed by atoms with E-state index < -0.39 is 26.7 Å². The van der Waals surface area contributed by atoms with E-state index in [9.17, 15) is 18.0 Å². The highest BCUT2D eigenvalue weighted by atomic mass is 32.2. The lowest BCUT2D eigenvalue weighted by molar-refractivity contribution is -0.118. The fourth-order valence-electron chi connectivity index (χ4n) is 2.75. The molecule has 23 heavy (non-hydrogen) atoms. The lowest BCUT2D eigenvalue weighted by atomic mass is 10.1. The van der Waals surface area contributed by atoms with E-state index in [1.807, 2.05) is 25.1 Å². The number of amides is 2. The zero-order chi connectivity index (χ0) is 17.0. The van der Waals surface area contributed by atoms with Crippen LogP contribution in [0.4, 0.5) is 0 Å². The van der Waals surface area contributed by atoms with Gasteiger partial charge in [0, 0.05) is 25.7 Å². The molecule has 1 aromatic carbocycles. The first-order valence-corrected chi connectivity index (χ1v) is 9.33. The van der Waals surface area contributed by atoms with E-state index in [0.717, 1.165) is 5.56 Å². The summed E-state index contributed by atoms with van der Waals surface area (Å²) < 4.78 is 24.4. The molecule has 1 aliphatic heterocycles. The van der Waals surface area contributed by atoms with E-state index in [4.69, 9.17) is 0 Å². The maximum atomic E-state index is 12.4. The summed E-state index contributed by atoms with van der Waals surface area (Å²) in [6.45, 7) is 2.71. The van der Waals surface area contributed by atoms with Gasteiger partial charge in [-0.25, -0.2) is 8.42 Å². The number of aryl methyl sites for hydroxylation is 1. The number of rotatable bonds is 4. The van der Waals surface area contributed by atoms with Gasteiger partial charge in [-0.3, -0.25) is 9.59 Å². The van der Waals surface area contributed by atoms with Crippen LogP contribution >= 0.6 is 0 Å². The van der Waals surface area contributed by atoms with E-state index in [-0.39, 0.29) is 5.91 Å². The molecular formula is C16H22N2O4S. The second kappa shape index (κ2) is 7.12. The lowest BCUT2D eigenvalue weighted by Gasteiger charge is -2.31. The van der Waals surface area contributed by atoms with Crippen molar-refractivity contribution in [1.82, 2.24) is 10.2 Å². The molecule has 1 saturated heterocycles. The summed E-state index contributed by atoms with van der Waals surface area (Å²) in [5.74, 6) is -1.06. The molecular weight excluding hydrogens is 316 g/mol. The second-order valence-corrected chi connectivity index (χ2v) is 8.12. The van der Waals surface area contributed by atoms with Crippen LogP contribution in [0.5, 0.6) is 0 Å². The minimum absolute atomic E-state index is 0.0733. The van der Waals surface area contributed by atoms with Crippen molar-refractivity contribution in [3.63, 3.8) is 0 Å². The van der Waals surface area contributed by atoms with Gasteiger partial charge in [-0.1, -0.05) is 17.7 Å². The molecule has 2 amide bonds. The third-order valence-electron chi connectivity index (χ3n) is 4.11. The number of nitrogens with zero attached hydrogens (tertiary/aromatic N) is 1. The lowest BCUT2D eigenvalue weighted by Crippen LogP contribution is -2.44. The van der Waals surface area contributed by atoms with Gasteiger partial charge in [-0.2, -0.15) is 0 Å². The zero-order valence-electron chi connectivity index (χ0n) is 13.4. The quantitative estimate of drug-likeness (QED) is 0.878. The first-order chi connectivity index (χ1) is 10.8. The Hall–Kier alpha value is -1.89. The number of likely N-dealkylation sites (tertiary alicyclic amines) is 1. The highest BCUT2D eigenvalue weighted by Gasteiger charge is 2.33. The third kappa shape index (κ3) is 4.31. The van der Waals surface area contributed by atoms with Crippen molar-refractivity contribution in [2.75, 3.05) is 25.9 Å². The number of benzene rings is 1. The van der Waals surface area contributed by atoms with Crippen LogP contribution in [0.25, 0.3) is 0 Å². The van der Waals surface area contributed by atoms with Crippen molar-refractivity contribution < 1.29 is 18.0 Å². The van der Waals surface area contributed by atoms with Crippen LogP contribution in [0, 0.1) is 6.92 Å². The summed E-state index contributed by atoms with van der Waals surface area (Å²) in [6, 6.07) is 7.36. The van der Waals surface area contributed by atoms with Gasteiger partial charge < -0.3 is 10.2 Å². The van der Waals surface area contributed by atoms with Crippen molar-refractivity contribution in [2.45, 2.75) is 25.0 Å². The minimum atomic E-state index is -3.47. The highest BCUT2D eigenvalue weighted by Crippen LogP contribution is 2.20. The van der Waals surface area contributed by atoms with Crippen molar-refractivity contribution in [3.05, 3.63) is 35.4 Å². The summed E-state index contributed by atoms with van der Waals surface area (Å²) in [5.41, 5.74) is 1.63. The molecule has 6 nitrogen and oxygen atoms in total. The normalized spacial score (nSPS) is 16.2. The molecule has 0 unspecified atom stereocenters. The van der Waals surface area contributed by atoms with E-state index in [0.29, 0.717) is 31.5 Å². The molecule has 0 radical (unpaired) electrons. The molecule has 1 heterocycles. The highest BCUT2D eigenvalue weighted by molar-refractivity contribution is 7.92. The SMILES string of the molecule is CNC(=O)CS(=O)(=O)C1CCN(C(=O)c2cccc(C)c2)CC1. The van der Waals surface area contributed by atoms with Crippen LogP contribution in [0.15, 0.2) is 24.3 Å². The van der Waals surface area contributed by atoms with Crippen molar-refractivity contribution in [1.29, 1.82) is 0 Å². The molecule has 7 heteroatoms. The summed E-state index contributed by atoms with van der Waals surface area (Å²) in [4.78, 5) is 25.4. The summed E-state index contributed by atoms with van der Waals surface area (Å²) in [5, 5.41) is 1.78. The van der Waals surface area contributed by atoms with E-state index in [2.05, 4.69) is 5.32 Å². The summed E-state index contributed by atoms with van der Waals surface area (Å²) >= 11 is 0. The maximum Gasteiger partial charge on any atom is 0.253 e. The first kappa shape index (κ1) is 17.5. The average molecular weight is 338 g/mol. The maximum absolute atomic E-state index is 12.4. The summed E-state index contributed by atoms with van der Waals surface area (Å²) in [6.07, 6.45) is 0.744. The van der Waals surface area contributed by atoms with Crippen molar-refractivity contribution in [2.24, 2.45) is 0 Å². The molecule has 1 aliphatic rings. The fourth-order valence-corrected chi connectivity index (χ4v) is 4.43. The Morgan fingerprint density at radius 2 is 1.91 bits per heavy atom. The number of hydrogen-bond donors (Lipinski definition) is 1. The second-order valence-electron chi connectivity index (χ2n) is 5.84. The number of carbonyl (C=O) groups is 2. The molecule has 0 atom stereocenters. The largest absolute Gasteiger partial charge is 0.358 e. The third-order valence-corrected chi connectivity index (χ3v) is 6.26. The van der Waals surface area contributed by atoms with E-state index in [1.54, 1.807) is 11.0 Å². The van der Waals surface area contributed by atoms with Gasteiger partial charge in [0.05, 0.1) is 5.25 Å². The number of nitrogens with one attached hydrogen (secondary N) is 1. The molecule has 1 N–H and O–H groups in total. The topological polar surface area (TPSA) is 83.6 Å².